The van der Waals surface area contributed by atoms with Crippen LogP contribution >= 0.6 is 0 Å². The number of rotatable bonds is 6. The lowest BCUT2D eigenvalue weighted by Gasteiger charge is -2.32. The Kier molecular flexibility index (Phi) is 5.75. The molecule has 0 atom stereocenters. The average Bonchev–Trinajstić information content (AvgIpc) is 2.84. The summed E-state index contributed by atoms with van der Waals surface area (Å²) in [6.45, 7) is 9.00. The maximum atomic E-state index is 6.26. The van der Waals surface area contributed by atoms with Gasteiger partial charge in [-0.2, -0.15) is 0 Å². The second kappa shape index (κ2) is 7.89. The van der Waals surface area contributed by atoms with Crippen LogP contribution in [0.2, 0.25) is 0 Å². The van der Waals surface area contributed by atoms with Gasteiger partial charge in [0.2, 0.25) is 0 Å². The van der Waals surface area contributed by atoms with Crippen LogP contribution in [0, 0.1) is 0 Å². The SMILES string of the molecule is CNCC(=Cc1ccccc1Nc1ccccc1)B1OC(C)(C)C(C)(C)O1. The molecule has 0 unspecified atom stereocenters. The molecule has 0 aromatic heterocycles. The van der Waals surface area contributed by atoms with Crippen LogP contribution in [0.3, 0.4) is 0 Å². The third kappa shape index (κ3) is 4.43. The molecule has 0 aliphatic carbocycles. The fourth-order valence-electron chi connectivity index (χ4n) is 3.01. The molecule has 0 bridgehead atoms. The fraction of sp³-hybridized carbons (Fsp3) is 0.364. The smallest absolute Gasteiger partial charge is 0.400 e. The number of benzene rings is 2. The zero-order valence-corrected chi connectivity index (χ0v) is 16.9. The lowest BCUT2D eigenvalue weighted by molar-refractivity contribution is 0.00578. The van der Waals surface area contributed by atoms with E-state index in [4.69, 9.17) is 9.31 Å². The van der Waals surface area contributed by atoms with Crippen molar-refractivity contribution in [3.8, 4) is 0 Å². The first-order valence-corrected chi connectivity index (χ1v) is 9.44. The van der Waals surface area contributed by atoms with Gasteiger partial charge in [-0.1, -0.05) is 42.5 Å². The number of likely N-dealkylation sites (N-methyl/N-ethyl adjacent to an activating group) is 1. The second-order valence-corrected chi connectivity index (χ2v) is 7.92. The molecule has 1 saturated heterocycles. The van der Waals surface area contributed by atoms with Gasteiger partial charge in [-0.15, -0.1) is 0 Å². The highest BCUT2D eigenvalue weighted by molar-refractivity contribution is 6.56. The Morgan fingerprint density at radius 2 is 1.52 bits per heavy atom. The third-order valence-corrected chi connectivity index (χ3v) is 5.29. The van der Waals surface area contributed by atoms with E-state index in [0.29, 0.717) is 6.54 Å². The molecule has 4 nitrogen and oxygen atoms in total. The van der Waals surface area contributed by atoms with E-state index in [0.717, 1.165) is 22.4 Å². The van der Waals surface area contributed by atoms with Crippen molar-refractivity contribution in [2.45, 2.75) is 38.9 Å². The predicted molar refractivity (Wildman–Crippen MR) is 114 cm³/mol. The second-order valence-electron chi connectivity index (χ2n) is 7.92. The molecule has 0 radical (unpaired) electrons. The number of para-hydroxylation sites is 2. The largest absolute Gasteiger partial charge is 0.491 e. The van der Waals surface area contributed by atoms with Gasteiger partial charge in [0.1, 0.15) is 0 Å². The zero-order valence-electron chi connectivity index (χ0n) is 16.9. The minimum atomic E-state index is -0.368. The monoisotopic (exact) mass is 364 g/mol. The van der Waals surface area contributed by atoms with Gasteiger partial charge in [0.25, 0.3) is 0 Å². The van der Waals surface area contributed by atoms with Crippen molar-refractivity contribution in [1.82, 2.24) is 5.32 Å². The van der Waals surface area contributed by atoms with Crippen molar-refractivity contribution in [1.29, 1.82) is 0 Å². The number of hydrogen-bond acceptors (Lipinski definition) is 4. The normalized spacial score (nSPS) is 18.6. The first-order valence-electron chi connectivity index (χ1n) is 9.44. The third-order valence-electron chi connectivity index (χ3n) is 5.29. The summed E-state index contributed by atoms with van der Waals surface area (Å²) in [6.07, 6.45) is 2.16. The lowest BCUT2D eigenvalue weighted by Crippen LogP contribution is -2.41. The summed E-state index contributed by atoms with van der Waals surface area (Å²) in [5, 5.41) is 6.74. The summed E-state index contributed by atoms with van der Waals surface area (Å²) in [5.74, 6) is 0. The molecule has 27 heavy (non-hydrogen) atoms. The van der Waals surface area contributed by atoms with E-state index in [1.807, 2.05) is 37.4 Å². The number of nitrogens with one attached hydrogen (secondary N) is 2. The van der Waals surface area contributed by atoms with Gasteiger partial charge in [-0.25, -0.2) is 0 Å². The molecular formula is C22H29BN2O2. The van der Waals surface area contributed by atoms with Crippen molar-refractivity contribution >= 4 is 24.6 Å². The van der Waals surface area contributed by atoms with Crippen molar-refractivity contribution in [3.63, 3.8) is 0 Å². The molecule has 0 amide bonds. The first kappa shape index (κ1) is 19.7. The maximum Gasteiger partial charge on any atom is 0.491 e. The summed E-state index contributed by atoms with van der Waals surface area (Å²) in [4.78, 5) is 0. The molecule has 5 heteroatoms. The van der Waals surface area contributed by atoms with Gasteiger partial charge in [-0.05, 0) is 64.0 Å². The van der Waals surface area contributed by atoms with Crippen LogP contribution in [-0.2, 0) is 9.31 Å². The van der Waals surface area contributed by atoms with E-state index in [-0.39, 0.29) is 18.3 Å². The standard InChI is InChI=1S/C22H29BN2O2/c1-21(2)22(3,4)27-23(26-21)18(16-24-5)15-17-11-9-10-14-20(17)25-19-12-7-6-8-13-19/h6-15,24-25H,16H2,1-5H3. The Balaban J connectivity index is 1.91. The van der Waals surface area contributed by atoms with Crippen LogP contribution in [0.1, 0.15) is 33.3 Å². The Labute approximate surface area is 163 Å². The highest BCUT2D eigenvalue weighted by atomic mass is 16.7. The minimum Gasteiger partial charge on any atom is -0.400 e. The van der Waals surface area contributed by atoms with Crippen LogP contribution in [-0.4, -0.2) is 31.9 Å². The molecule has 3 rings (SSSR count). The highest BCUT2D eigenvalue weighted by Gasteiger charge is 2.52. The van der Waals surface area contributed by atoms with Crippen molar-refractivity contribution in [2.24, 2.45) is 0 Å². The molecule has 0 spiro atoms. The van der Waals surface area contributed by atoms with Gasteiger partial charge >= 0.3 is 7.12 Å². The Hall–Kier alpha value is -2.08. The molecule has 2 aromatic carbocycles. The van der Waals surface area contributed by atoms with Crippen LogP contribution in [0.25, 0.3) is 6.08 Å². The van der Waals surface area contributed by atoms with Crippen molar-refractivity contribution in [2.75, 3.05) is 18.9 Å². The predicted octanol–water partition coefficient (Wildman–Crippen LogP) is 4.66. The summed E-state index contributed by atoms with van der Waals surface area (Å²) >= 11 is 0. The molecule has 1 heterocycles. The van der Waals surface area contributed by atoms with E-state index >= 15 is 0 Å². The number of anilines is 2. The van der Waals surface area contributed by atoms with E-state index in [2.05, 4.69) is 68.7 Å². The number of hydrogen-bond donors (Lipinski definition) is 2. The van der Waals surface area contributed by atoms with Crippen molar-refractivity contribution in [3.05, 3.63) is 65.6 Å². The van der Waals surface area contributed by atoms with E-state index < -0.39 is 0 Å². The molecule has 0 saturated carbocycles. The zero-order chi connectivity index (χ0) is 19.5. The van der Waals surface area contributed by atoms with Crippen LogP contribution < -0.4 is 10.6 Å². The van der Waals surface area contributed by atoms with Gasteiger partial charge in [0, 0.05) is 17.9 Å². The van der Waals surface area contributed by atoms with Gasteiger partial charge in [0.05, 0.1) is 11.2 Å². The topological polar surface area (TPSA) is 42.5 Å². The lowest BCUT2D eigenvalue weighted by atomic mass is 9.77. The highest BCUT2D eigenvalue weighted by Crippen LogP contribution is 2.39. The van der Waals surface area contributed by atoms with Gasteiger partial charge in [0.15, 0.2) is 0 Å². The molecule has 2 N–H and O–H groups in total. The van der Waals surface area contributed by atoms with Gasteiger partial charge < -0.3 is 19.9 Å². The molecule has 1 aliphatic heterocycles. The Bertz CT molecular complexity index is 787. The van der Waals surface area contributed by atoms with E-state index in [1.165, 1.54) is 0 Å². The van der Waals surface area contributed by atoms with E-state index in [1.54, 1.807) is 0 Å². The molecule has 142 valence electrons. The summed E-state index contributed by atoms with van der Waals surface area (Å²) in [6, 6.07) is 18.5. The Morgan fingerprint density at radius 3 is 2.15 bits per heavy atom. The summed E-state index contributed by atoms with van der Waals surface area (Å²) in [7, 11) is 1.57. The van der Waals surface area contributed by atoms with Crippen LogP contribution in [0.4, 0.5) is 11.4 Å². The fourth-order valence-corrected chi connectivity index (χ4v) is 3.01. The summed E-state index contributed by atoms with van der Waals surface area (Å²) < 4.78 is 12.5. The molecular weight excluding hydrogens is 335 g/mol. The van der Waals surface area contributed by atoms with Crippen LogP contribution in [0.5, 0.6) is 0 Å². The first-order chi connectivity index (χ1) is 12.8. The quantitative estimate of drug-likeness (QED) is 0.732. The Morgan fingerprint density at radius 1 is 0.926 bits per heavy atom. The molecule has 2 aromatic rings. The average molecular weight is 364 g/mol. The minimum absolute atomic E-state index is 0.355. The maximum absolute atomic E-state index is 6.26. The molecule has 1 fully saturated rings. The van der Waals surface area contributed by atoms with E-state index in [9.17, 15) is 0 Å². The van der Waals surface area contributed by atoms with Crippen molar-refractivity contribution < 1.29 is 9.31 Å². The van der Waals surface area contributed by atoms with Crippen LogP contribution in [0.15, 0.2) is 60.1 Å². The summed E-state index contributed by atoms with van der Waals surface area (Å²) in [5.41, 5.74) is 3.57. The van der Waals surface area contributed by atoms with Gasteiger partial charge in [-0.3, -0.25) is 0 Å². The molecule has 1 aliphatic rings.